The van der Waals surface area contributed by atoms with Crippen LogP contribution in [0.4, 0.5) is 26.3 Å². The molecular weight excluding hydrogens is 945 g/mol. The van der Waals surface area contributed by atoms with Crippen molar-refractivity contribution in [3.05, 3.63) is 172 Å². The Morgan fingerprint density at radius 3 is 1.40 bits per heavy atom. The minimum atomic E-state index is -4.53. The van der Waals surface area contributed by atoms with Gasteiger partial charge in [-0.05, 0) is 0 Å². The zero-order valence-electron chi connectivity index (χ0n) is 34.0. The van der Waals surface area contributed by atoms with Gasteiger partial charge in [-0.2, -0.15) is 0 Å². The average molecular weight is 990 g/mol. The SMILES string of the molecule is CCC(C)C1=Cc2c(-c3ccccc3C(F)(F)F)cccc2[CH]1[Hf]([c]1cccc2c1[SiH2]c1ccccc1-2)[CH]1C(C(C)CC)=Cc2c(-c3ccccc3C(F)(F)F)cccc21. The monoisotopic (exact) mass is 991 g/mol. The van der Waals surface area contributed by atoms with Gasteiger partial charge < -0.3 is 0 Å². The van der Waals surface area contributed by atoms with E-state index in [0.717, 1.165) is 35.1 Å². The molecule has 8 heteroatoms. The number of alkyl halides is 6. The Bertz CT molecular complexity index is 2570. The molecule has 0 amide bonds. The van der Waals surface area contributed by atoms with Crippen LogP contribution in [-0.4, -0.2) is 9.52 Å². The van der Waals surface area contributed by atoms with Crippen molar-refractivity contribution in [1.29, 1.82) is 0 Å². The number of rotatable bonds is 9. The van der Waals surface area contributed by atoms with Gasteiger partial charge in [0, 0.05) is 0 Å². The number of fused-ring (bicyclic) bond motifs is 5. The first-order valence-corrected chi connectivity index (χ1v) is 28.3. The number of hydrogen-bond donors (Lipinski definition) is 0. The summed E-state index contributed by atoms with van der Waals surface area (Å²) < 4.78 is 89.5. The molecule has 0 saturated heterocycles. The van der Waals surface area contributed by atoms with Crippen LogP contribution in [0.15, 0.2) is 139 Å². The number of hydrogen-bond acceptors (Lipinski definition) is 0. The molecule has 0 spiro atoms. The third kappa shape index (κ3) is 6.86. The van der Waals surface area contributed by atoms with Crippen molar-refractivity contribution >= 4 is 35.4 Å². The van der Waals surface area contributed by atoms with Crippen molar-refractivity contribution in [2.75, 3.05) is 0 Å². The predicted octanol–water partition coefficient (Wildman–Crippen LogP) is 12.8. The Hall–Kier alpha value is -4.53. The molecule has 0 saturated carbocycles. The van der Waals surface area contributed by atoms with Gasteiger partial charge in [0.15, 0.2) is 0 Å². The van der Waals surface area contributed by atoms with E-state index in [0.29, 0.717) is 11.1 Å². The summed E-state index contributed by atoms with van der Waals surface area (Å²) in [4.78, 5) is 0. The van der Waals surface area contributed by atoms with E-state index in [1.807, 2.05) is 24.3 Å². The molecule has 1 aliphatic heterocycles. The van der Waals surface area contributed by atoms with Gasteiger partial charge in [0.05, 0.1) is 0 Å². The molecule has 4 unspecified atom stereocenters. The first-order valence-electron chi connectivity index (χ1n) is 20.9. The molecule has 6 aromatic rings. The van der Waals surface area contributed by atoms with Gasteiger partial charge in [0.25, 0.3) is 0 Å². The van der Waals surface area contributed by atoms with Gasteiger partial charge >= 0.3 is 361 Å². The van der Waals surface area contributed by atoms with Crippen molar-refractivity contribution in [1.82, 2.24) is 0 Å². The second kappa shape index (κ2) is 15.7. The molecule has 6 aromatic carbocycles. The van der Waals surface area contributed by atoms with E-state index >= 15 is 0 Å². The molecule has 303 valence electrons. The summed E-state index contributed by atoms with van der Waals surface area (Å²) in [5.74, 6) is 0.308. The molecule has 60 heavy (non-hydrogen) atoms. The Morgan fingerprint density at radius 2 is 0.917 bits per heavy atom. The van der Waals surface area contributed by atoms with E-state index < -0.39 is 54.4 Å². The van der Waals surface area contributed by atoms with E-state index in [9.17, 15) is 26.3 Å². The van der Waals surface area contributed by atoms with Crippen LogP contribution < -0.4 is 13.7 Å². The maximum atomic E-state index is 14.7. The van der Waals surface area contributed by atoms with Gasteiger partial charge in [0.2, 0.25) is 0 Å². The summed E-state index contributed by atoms with van der Waals surface area (Å²) in [6.07, 6.45) is -2.86. The number of allylic oxidation sites excluding steroid dienone is 2. The molecule has 9 rings (SSSR count). The Labute approximate surface area is 358 Å². The van der Waals surface area contributed by atoms with Crippen molar-refractivity contribution in [2.24, 2.45) is 11.8 Å². The first-order chi connectivity index (χ1) is 28.8. The fraction of sp³-hybridized carbons (Fsp3) is 0.231. The predicted molar refractivity (Wildman–Crippen MR) is 233 cm³/mol. The van der Waals surface area contributed by atoms with Crippen LogP contribution in [0.3, 0.4) is 0 Å². The van der Waals surface area contributed by atoms with Crippen LogP contribution in [0.1, 0.15) is 81.3 Å². The van der Waals surface area contributed by atoms with Crippen molar-refractivity contribution in [3.63, 3.8) is 0 Å². The molecule has 0 aromatic heterocycles. The third-order valence-electron chi connectivity index (χ3n) is 13.4. The molecule has 0 N–H and O–H groups in total. The van der Waals surface area contributed by atoms with Crippen molar-refractivity contribution in [3.8, 4) is 33.4 Å². The fourth-order valence-electron chi connectivity index (χ4n) is 10.2. The van der Waals surface area contributed by atoms with E-state index in [1.165, 1.54) is 60.2 Å². The van der Waals surface area contributed by atoms with E-state index in [4.69, 9.17) is 0 Å². The van der Waals surface area contributed by atoms with Crippen LogP contribution in [0.5, 0.6) is 0 Å². The second-order valence-electron chi connectivity index (χ2n) is 16.6. The summed E-state index contributed by atoms with van der Waals surface area (Å²) in [5, 5.41) is 2.88. The number of halogens is 6. The van der Waals surface area contributed by atoms with Gasteiger partial charge in [-0.3, -0.25) is 0 Å². The molecular formula is C52H45F6HfSi. The summed E-state index contributed by atoms with van der Waals surface area (Å²) >= 11 is -3.68. The Kier molecular flexibility index (Phi) is 10.7. The Morgan fingerprint density at radius 1 is 0.500 bits per heavy atom. The normalized spacial score (nSPS) is 18.0. The van der Waals surface area contributed by atoms with Crippen LogP contribution in [0.2, 0.25) is 0 Å². The fourth-order valence-corrected chi connectivity index (χ4v) is 30.4. The summed E-state index contributed by atoms with van der Waals surface area (Å²) in [5.41, 5.74) is 9.27. The van der Waals surface area contributed by atoms with Gasteiger partial charge in [-0.25, -0.2) is 0 Å². The van der Waals surface area contributed by atoms with Gasteiger partial charge in [-0.1, -0.05) is 0 Å². The zero-order valence-corrected chi connectivity index (χ0v) is 39.0. The molecule has 4 atom stereocenters. The first kappa shape index (κ1) is 40.9. The molecule has 3 aliphatic rings. The van der Waals surface area contributed by atoms with E-state index in [2.05, 4.69) is 94.4 Å². The molecule has 0 radical (unpaired) electrons. The summed E-state index contributed by atoms with van der Waals surface area (Å²) in [6, 6.07) is 39.2. The molecule has 1 heterocycles. The average Bonchev–Trinajstić information content (AvgIpc) is 3.95. The zero-order chi connectivity index (χ0) is 42.1. The second-order valence-corrected chi connectivity index (χ2v) is 27.8. The molecule has 2 aliphatic carbocycles. The molecule has 0 fully saturated rings. The van der Waals surface area contributed by atoms with E-state index in [1.54, 1.807) is 24.3 Å². The minimum absolute atomic E-state index is 0.00307. The summed E-state index contributed by atoms with van der Waals surface area (Å²) in [7, 11) is -0.897. The van der Waals surface area contributed by atoms with Crippen LogP contribution in [-0.2, 0) is 33.8 Å². The topological polar surface area (TPSA) is 0 Å². The quantitative estimate of drug-likeness (QED) is 0.0999. The Balaban J connectivity index is 1.34. The van der Waals surface area contributed by atoms with E-state index in [-0.39, 0.29) is 30.3 Å². The van der Waals surface area contributed by atoms with Crippen LogP contribution in [0.25, 0.3) is 45.5 Å². The van der Waals surface area contributed by atoms with Gasteiger partial charge in [-0.15, -0.1) is 0 Å². The maximum absolute atomic E-state index is 14.7. The van der Waals surface area contributed by atoms with Crippen molar-refractivity contribution in [2.45, 2.75) is 60.2 Å². The van der Waals surface area contributed by atoms with Crippen molar-refractivity contribution < 1.29 is 47.8 Å². The molecule has 0 nitrogen and oxygen atoms in total. The number of benzene rings is 6. The van der Waals surface area contributed by atoms with Gasteiger partial charge in [0.1, 0.15) is 0 Å². The standard InChI is InChI=1S/2C20H18F3.C12H9Si.Hf/c2*1-3-13(2)15-11-14-7-6-9-16(18(14)12-15)17-8-4-5-10-19(17)20(21,22)23;1-3-7-11-9(5-1)10-6-2-4-8-12(10)13-11;/h2*4-13H,3H2,1-2H3;1-7H,13H2;. The third-order valence-corrected chi connectivity index (χ3v) is 29.8. The van der Waals surface area contributed by atoms with Crippen LogP contribution >= 0.6 is 0 Å². The van der Waals surface area contributed by atoms with Crippen LogP contribution in [0, 0.1) is 11.8 Å². The molecule has 0 bridgehead atoms. The summed E-state index contributed by atoms with van der Waals surface area (Å²) in [6.45, 7) is 8.86.